The molecule has 0 fully saturated rings. The molecule has 0 spiro atoms. The quantitative estimate of drug-likeness (QED) is 0.149. The minimum atomic E-state index is -3.63. The summed E-state index contributed by atoms with van der Waals surface area (Å²) >= 11 is 12.0. The van der Waals surface area contributed by atoms with Crippen LogP contribution in [0, 0.1) is 36.5 Å². The number of hydrogen-bond donors (Lipinski definition) is 0. The van der Waals surface area contributed by atoms with Crippen LogP contribution in [0.4, 0.5) is 0 Å². The molecule has 0 aliphatic rings. The van der Waals surface area contributed by atoms with Gasteiger partial charge < -0.3 is 23.7 Å². The lowest BCUT2D eigenvalue weighted by Crippen LogP contribution is -2.24. The molecule has 0 bridgehead atoms. The fourth-order valence-electron chi connectivity index (χ4n) is 5.14. The molecule has 60 heavy (non-hydrogen) atoms. The lowest BCUT2D eigenvalue weighted by Gasteiger charge is -2.13. The second kappa shape index (κ2) is 19.1. The van der Waals surface area contributed by atoms with E-state index in [1.165, 1.54) is 91.9 Å². The van der Waals surface area contributed by atoms with Crippen LogP contribution in [0.5, 0.6) is 40.8 Å². The fourth-order valence-corrected chi connectivity index (χ4v) is 6.08. The van der Waals surface area contributed by atoms with Gasteiger partial charge in [0.2, 0.25) is 38.3 Å². The van der Waals surface area contributed by atoms with E-state index in [9.17, 15) is 18.0 Å². The van der Waals surface area contributed by atoms with Crippen LogP contribution < -0.4 is 34.8 Å². The number of nitriles is 2. The summed E-state index contributed by atoms with van der Waals surface area (Å²) in [7, 11) is 0.606. The van der Waals surface area contributed by atoms with Crippen LogP contribution in [0.25, 0.3) is 0 Å². The number of halogens is 2. The van der Waals surface area contributed by atoms with Gasteiger partial charge in [0.1, 0.15) is 11.5 Å². The molecule has 0 atom stereocenters. The van der Waals surface area contributed by atoms with Crippen molar-refractivity contribution in [1.82, 2.24) is 39.0 Å². The van der Waals surface area contributed by atoms with Crippen molar-refractivity contribution >= 4 is 33.0 Å². The minimum Gasteiger partial charge on any atom is -0.481 e. The predicted molar refractivity (Wildman–Crippen MR) is 214 cm³/mol. The summed E-state index contributed by atoms with van der Waals surface area (Å²) in [6.45, 7) is 3.30. The Labute approximate surface area is 351 Å². The first kappa shape index (κ1) is 44.0. The van der Waals surface area contributed by atoms with Crippen molar-refractivity contribution in [3.8, 4) is 52.9 Å². The summed E-state index contributed by atoms with van der Waals surface area (Å²) in [6.07, 6.45) is 6.46. The van der Waals surface area contributed by atoms with Crippen LogP contribution in [0.3, 0.4) is 0 Å². The Morgan fingerprint density at radius 1 is 0.667 bits per heavy atom. The molecule has 0 aliphatic carbocycles. The Kier molecular flexibility index (Phi) is 14.0. The number of nitrogens with zero attached hydrogens (tertiary/aromatic N) is 10. The third kappa shape index (κ3) is 10.7. The van der Waals surface area contributed by atoms with E-state index in [-0.39, 0.29) is 69.6 Å². The topological polar surface area (TPSA) is 249 Å². The monoisotopic (exact) mass is 874 g/mol. The Morgan fingerprint density at radius 3 is 1.53 bits per heavy atom. The SMILES string of the molecule is COc1nc(S(C)(=O)=O)ncc1Cn1cnc(C)c(Oc2cc(Cl)cc(C#N)c2)c1=O.COc1ncc(Cn2cnc(C)c(Oc3cc(Cl)cc(C#N)c3)c2=O)c(OC)n1. The van der Waals surface area contributed by atoms with Gasteiger partial charge in [0, 0.05) is 28.7 Å². The first-order chi connectivity index (χ1) is 28.6. The highest BCUT2D eigenvalue weighted by Gasteiger charge is 2.19. The van der Waals surface area contributed by atoms with Crippen LogP contribution in [0.15, 0.2) is 76.2 Å². The zero-order valence-corrected chi connectivity index (χ0v) is 34.8. The number of sulfone groups is 1. The Hall–Kier alpha value is -7.13. The largest absolute Gasteiger partial charge is 0.481 e. The summed E-state index contributed by atoms with van der Waals surface area (Å²) in [5.41, 5.74) is 1.29. The van der Waals surface area contributed by atoms with Crippen LogP contribution in [0.2, 0.25) is 10.0 Å². The lowest BCUT2D eigenvalue weighted by molar-refractivity contribution is 0.347. The van der Waals surface area contributed by atoms with E-state index >= 15 is 0 Å². The second-order valence-corrected chi connectivity index (χ2v) is 15.1. The molecule has 4 heterocycles. The molecule has 0 unspecified atom stereocenters. The maximum atomic E-state index is 13.0. The van der Waals surface area contributed by atoms with Gasteiger partial charge in [0.25, 0.3) is 11.1 Å². The number of aromatic nitrogens is 8. The molecule has 0 N–H and O–H groups in total. The summed E-state index contributed by atoms with van der Waals surface area (Å²) in [5, 5.41) is 18.4. The lowest BCUT2D eigenvalue weighted by atomic mass is 10.2. The fraction of sp³-hybridized carbons (Fsp3) is 0.211. The third-order valence-corrected chi connectivity index (χ3v) is 9.27. The summed E-state index contributed by atoms with van der Waals surface area (Å²) in [4.78, 5) is 50.2. The number of benzene rings is 2. The zero-order chi connectivity index (χ0) is 43.7. The number of hydrogen-bond acceptors (Lipinski definition) is 17. The molecular formula is C38H32Cl2N10O9S. The molecule has 6 aromatic rings. The standard InChI is InChI=1S/C19H16ClN5O5S.C19H16ClN5O4/c1-11-16(30-15-5-12(7-21)4-14(20)6-15)18(26)25(10-23-11)9-13-8-22-19(31(3,27)28)24-17(13)29-2;1-11-16(29-15-5-12(7-21)4-14(20)6-15)18(26)25(10-23-11)9-13-8-22-19(28-3)24-17(13)27-2/h4-6,8,10H,9H2,1-3H3;4-6,8,10H,9H2,1-3H3. The molecule has 19 nitrogen and oxygen atoms in total. The van der Waals surface area contributed by atoms with E-state index in [1.807, 2.05) is 12.1 Å². The summed E-state index contributed by atoms with van der Waals surface area (Å²) in [6, 6.07) is 13.0. The molecule has 0 amide bonds. The van der Waals surface area contributed by atoms with Gasteiger partial charge in [-0.3, -0.25) is 18.7 Å². The van der Waals surface area contributed by atoms with E-state index < -0.39 is 21.0 Å². The highest BCUT2D eigenvalue weighted by atomic mass is 35.5. The van der Waals surface area contributed by atoms with Gasteiger partial charge in [-0.2, -0.15) is 20.5 Å². The molecule has 6 rings (SSSR count). The maximum absolute atomic E-state index is 13.0. The molecule has 2 aromatic carbocycles. The van der Waals surface area contributed by atoms with E-state index in [2.05, 4.69) is 29.9 Å². The van der Waals surface area contributed by atoms with Crippen molar-refractivity contribution in [2.45, 2.75) is 32.1 Å². The smallest absolute Gasteiger partial charge is 0.319 e. The van der Waals surface area contributed by atoms with E-state index in [0.29, 0.717) is 33.1 Å². The normalized spacial score (nSPS) is 10.7. The summed E-state index contributed by atoms with van der Waals surface area (Å²) < 4.78 is 52.7. The maximum Gasteiger partial charge on any atom is 0.319 e. The molecule has 0 aliphatic heterocycles. The Bertz CT molecular complexity index is 2910. The highest BCUT2D eigenvalue weighted by molar-refractivity contribution is 7.90. The van der Waals surface area contributed by atoms with E-state index in [0.717, 1.165) is 6.26 Å². The number of ether oxygens (including phenoxy) is 5. The van der Waals surface area contributed by atoms with Crippen LogP contribution in [0.1, 0.15) is 33.6 Å². The molecular weight excluding hydrogens is 843 g/mol. The first-order valence-corrected chi connectivity index (χ1v) is 19.6. The molecule has 22 heteroatoms. The average Bonchev–Trinajstić information content (AvgIpc) is 3.22. The van der Waals surface area contributed by atoms with Gasteiger partial charge in [-0.15, -0.1) is 0 Å². The van der Waals surface area contributed by atoms with Crippen LogP contribution in [-0.2, 0) is 22.9 Å². The molecule has 4 aromatic heterocycles. The predicted octanol–water partition coefficient (Wildman–Crippen LogP) is 4.84. The van der Waals surface area contributed by atoms with Gasteiger partial charge in [0.05, 0.1) is 92.9 Å². The zero-order valence-electron chi connectivity index (χ0n) is 32.5. The number of rotatable bonds is 12. The van der Waals surface area contributed by atoms with Crippen molar-refractivity contribution in [3.05, 3.63) is 126 Å². The summed E-state index contributed by atoms with van der Waals surface area (Å²) in [5.74, 6) is 0.730. The second-order valence-electron chi connectivity index (χ2n) is 12.3. The molecule has 0 saturated heterocycles. The van der Waals surface area contributed by atoms with Gasteiger partial charge in [0.15, 0.2) is 0 Å². The molecule has 308 valence electrons. The highest BCUT2D eigenvalue weighted by Crippen LogP contribution is 2.28. The van der Waals surface area contributed by atoms with E-state index in [1.54, 1.807) is 13.8 Å². The first-order valence-electron chi connectivity index (χ1n) is 17.0. The van der Waals surface area contributed by atoms with Crippen LogP contribution >= 0.6 is 23.2 Å². The van der Waals surface area contributed by atoms with Gasteiger partial charge in [-0.1, -0.05) is 23.2 Å². The van der Waals surface area contributed by atoms with Crippen molar-refractivity contribution in [1.29, 1.82) is 10.5 Å². The van der Waals surface area contributed by atoms with Gasteiger partial charge >= 0.3 is 6.01 Å². The van der Waals surface area contributed by atoms with Crippen LogP contribution in [-0.4, -0.2) is 75.0 Å². The Morgan fingerprint density at radius 2 is 1.12 bits per heavy atom. The van der Waals surface area contributed by atoms with Gasteiger partial charge in [-0.25, -0.2) is 28.4 Å². The van der Waals surface area contributed by atoms with Crippen molar-refractivity contribution in [2.75, 3.05) is 27.6 Å². The van der Waals surface area contributed by atoms with Crippen molar-refractivity contribution in [2.24, 2.45) is 0 Å². The molecule has 0 saturated carbocycles. The van der Waals surface area contributed by atoms with Crippen molar-refractivity contribution < 1.29 is 32.1 Å². The number of methoxy groups -OCH3 is 3. The van der Waals surface area contributed by atoms with Crippen molar-refractivity contribution in [3.63, 3.8) is 0 Å². The third-order valence-electron chi connectivity index (χ3n) is 7.98. The average molecular weight is 876 g/mol. The molecule has 0 radical (unpaired) electrons. The van der Waals surface area contributed by atoms with Gasteiger partial charge in [-0.05, 0) is 50.2 Å². The van der Waals surface area contributed by atoms with E-state index in [4.69, 9.17) is 57.4 Å². The Balaban J connectivity index is 0.000000228. The minimum absolute atomic E-state index is 0.0128. The number of aryl methyl sites for hydroxylation is 2.